The maximum atomic E-state index is 13.2. The fourth-order valence-corrected chi connectivity index (χ4v) is 3.42. The highest BCUT2D eigenvalue weighted by Gasteiger charge is 2.33. The molecule has 0 spiro atoms. The molecule has 0 bridgehead atoms. The van der Waals surface area contributed by atoms with Crippen LogP contribution in [0.25, 0.3) is 0 Å². The summed E-state index contributed by atoms with van der Waals surface area (Å²) < 4.78 is 0. The number of aliphatic carboxylic acids is 3. The van der Waals surface area contributed by atoms with Crippen LogP contribution in [0.2, 0.25) is 0 Å². The molecule has 14 N–H and O–H groups in total. The molecule has 238 valence electrons. The maximum absolute atomic E-state index is 13.2. The summed E-state index contributed by atoms with van der Waals surface area (Å²) in [6.07, 6.45) is -1.59. The Balaban J connectivity index is 5.92. The van der Waals surface area contributed by atoms with E-state index in [4.69, 9.17) is 32.5 Å². The third kappa shape index (κ3) is 15.3. The lowest BCUT2D eigenvalue weighted by Crippen LogP contribution is -2.59. The molecule has 0 heterocycles. The highest BCUT2D eigenvalue weighted by atomic mass is 16.4. The van der Waals surface area contributed by atoms with Gasteiger partial charge in [0.05, 0.1) is 25.5 Å². The molecular formula is C23H40N8O11. The number of aliphatic hydroxyl groups is 1. The minimum atomic E-state index is -1.78. The van der Waals surface area contributed by atoms with Gasteiger partial charge in [-0.15, -0.1) is 0 Å². The normalized spacial score (nSPS) is 14.3. The molecule has 0 radical (unpaired) electrons. The lowest BCUT2D eigenvalue weighted by atomic mass is 10.0. The summed E-state index contributed by atoms with van der Waals surface area (Å²) in [4.78, 5) is 88.4. The van der Waals surface area contributed by atoms with Crippen LogP contribution in [0.5, 0.6) is 0 Å². The summed E-state index contributed by atoms with van der Waals surface area (Å²) in [7, 11) is 0. The number of guanidine groups is 1. The molecule has 0 fully saturated rings. The van der Waals surface area contributed by atoms with Crippen molar-refractivity contribution in [2.24, 2.45) is 28.1 Å². The lowest BCUT2D eigenvalue weighted by molar-refractivity contribution is -0.144. The van der Waals surface area contributed by atoms with Crippen molar-refractivity contribution in [3.63, 3.8) is 0 Å². The topological polar surface area (TPSA) is 339 Å². The predicted molar refractivity (Wildman–Crippen MR) is 144 cm³/mol. The molecule has 0 unspecified atom stereocenters. The smallest absolute Gasteiger partial charge is 0.328 e. The molecule has 0 aliphatic rings. The quantitative estimate of drug-likeness (QED) is 0.0354. The number of carbonyl (C=O) groups is 7. The first-order valence-electron chi connectivity index (χ1n) is 12.8. The van der Waals surface area contributed by atoms with Crippen molar-refractivity contribution in [2.75, 3.05) is 13.2 Å². The zero-order valence-electron chi connectivity index (χ0n) is 23.2. The number of aliphatic hydroxyl groups excluding tert-OH is 1. The molecule has 0 saturated carbocycles. The van der Waals surface area contributed by atoms with Crippen LogP contribution >= 0.6 is 0 Å². The fourth-order valence-electron chi connectivity index (χ4n) is 3.42. The Morgan fingerprint density at radius 3 is 1.67 bits per heavy atom. The van der Waals surface area contributed by atoms with E-state index in [-0.39, 0.29) is 37.7 Å². The van der Waals surface area contributed by atoms with Gasteiger partial charge in [0.15, 0.2) is 5.96 Å². The Kier molecular flexibility index (Phi) is 16.7. The summed E-state index contributed by atoms with van der Waals surface area (Å²) in [6, 6.07) is -7.73. The Morgan fingerprint density at radius 2 is 1.19 bits per heavy atom. The number of carboxylic acids is 3. The molecule has 0 rings (SSSR count). The van der Waals surface area contributed by atoms with Crippen molar-refractivity contribution in [1.82, 2.24) is 21.3 Å². The summed E-state index contributed by atoms with van der Waals surface area (Å²) >= 11 is 0. The summed E-state index contributed by atoms with van der Waals surface area (Å²) in [5.74, 6) is -8.97. The summed E-state index contributed by atoms with van der Waals surface area (Å²) in [5.41, 5.74) is 16.1. The van der Waals surface area contributed by atoms with E-state index < -0.39 is 91.2 Å². The molecule has 0 aliphatic carbocycles. The number of nitrogens with one attached hydrogen (secondary N) is 4. The second-order valence-electron chi connectivity index (χ2n) is 9.65. The molecule has 19 heteroatoms. The number of rotatable bonds is 20. The van der Waals surface area contributed by atoms with Gasteiger partial charge in [-0.25, -0.2) is 4.79 Å². The van der Waals surface area contributed by atoms with Gasteiger partial charge in [0.1, 0.15) is 24.2 Å². The van der Waals surface area contributed by atoms with E-state index in [0.717, 1.165) is 0 Å². The molecule has 42 heavy (non-hydrogen) atoms. The molecule has 0 saturated heterocycles. The number of aliphatic imine (C=N–C) groups is 1. The zero-order valence-corrected chi connectivity index (χ0v) is 23.2. The first-order chi connectivity index (χ1) is 19.5. The second kappa shape index (κ2) is 18.8. The standard InChI is InChI=1S/C23H40N8O11/c1-10(2)6-13(20(39)30-14(8-17(35)36)21(40)31-15(9-32)22(41)42)29-19(38)12(4-3-5-27-23(25)26)28-18(37)11(24)7-16(33)34/h10-15,32H,3-9,24H2,1-2H3,(H,28,37)(H,29,38)(H,30,39)(H,31,40)(H,33,34)(H,35,36)(H,41,42)(H4,25,26,27)/t11-,12+,13+,14+,15+/m1/s1. The minimum Gasteiger partial charge on any atom is -0.481 e. The minimum absolute atomic E-state index is 0.0133. The number of carbonyl (C=O) groups excluding carboxylic acids is 4. The van der Waals surface area contributed by atoms with Crippen LogP contribution in [0.3, 0.4) is 0 Å². The van der Waals surface area contributed by atoms with E-state index in [2.05, 4.69) is 20.9 Å². The van der Waals surface area contributed by atoms with E-state index >= 15 is 0 Å². The van der Waals surface area contributed by atoms with Crippen molar-refractivity contribution in [3.8, 4) is 0 Å². The Labute approximate surface area is 240 Å². The van der Waals surface area contributed by atoms with Crippen molar-refractivity contribution in [3.05, 3.63) is 0 Å². The molecule has 0 aromatic rings. The molecule has 19 nitrogen and oxygen atoms in total. The van der Waals surface area contributed by atoms with Gasteiger partial charge in [-0.2, -0.15) is 0 Å². The number of hydrogen-bond donors (Lipinski definition) is 11. The third-order valence-electron chi connectivity index (χ3n) is 5.46. The first kappa shape index (κ1) is 37.5. The number of hydrogen-bond acceptors (Lipinski definition) is 10. The maximum Gasteiger partial charge on any atom is 0.328 e. The van der Waals surface area contributed by atoms with E-state index in [1.165, 1.54) is 0 Å². The van der Waals surface area contributed by atoms with Gasteiger partial charge in [0.2, 0.25) is 23.6 Å². The lowest BCUT2D eigenvalue weighted by Gasteiger charge is -2.26. The van der Waals surface area contributed by atoms with Crippen LogP contribution in [-0.2, 0) is 33.6 Å². The molecular weight excluding hydrogens is 564 g/mol. The van der Waals surface area contributed by atoms with E-state index in [1.807, 2.05) is 5.32 Å². The van der Waals surface area contributed by atoms with Gasteiger partial charge in [0, 0.05) is 6.54 Å². The average molecular weight is 605 g/mol. The second-order valence-corrected chi connectivity index (χ2v) is 9.65. The van der Waals surface area contributed by atoms with Gasteiger partial charge in [0.25, 0.3) is 0 Å². The van der Waals surface area contributed by atoms with Gasteiger partial charge >= 0.3 is 17.9 Å². The van der Waals surface area contributed by atoms with Crippen LogP contribution in [0.15, 0.2) is 4.99 Å². The number of nitrogens with two attached hydrogens (primary N) is 3. The van der Waals surface area contributed by atoms with Crippen LogP contribution in [0, 0.1) is 5.92 Å². The van der Waals surface area contributed by atoms with Crippen LogP contribution in [0.1, 0.15) is 46.0 Å². The highest BCUT2D eigenvalue weighted by Crippen LogP contribution is 2.09. The van der Waals surface area contributed by atoms with Crippen LogP contribution in [0.4, 0.5) is 0 Å². The zero-order chi connectivity index (χ0) is 32.6. The third-order valence-corrected chi connectivity index (χ3v) is 5.46. The Bertz CT molecular complexity index is 1020. The van der Waals surface area contributed by atoms with Gasteiger partial charge in [-0.1, -0.05) is 13.8 Å². The van der Waals surface area contributed by atoms with Crippen molar-refractivity contribution < 1.29 is 54.0 Å². The SMILES string of the molecule is CC(C)C[C@H](NC(=O)[C@H](CCCN=C(N)N)NC(=O)[C@H](N)CC(=O)O)C(=O)N[C@@H](CC(=O)O)C(=O)N[C@@H](CO)C(=O)O. The number of nitrogens with zero attached hydrogens (tertiary/aromatic N) is 1. The monoisotopic (exact) mass is 604 g/mol. The largest absolute Gasteiger partial charge is 0.481 e. The molecule has 0 aromatic carbocycles. The van der Waals surface area contributed by atoms with Gasteiger partial charge in [-0.3, -0.25) is 33.8 Å². The number of amides is 4. The summed E-state index contributed by atoms with van der Waals surface area (Å²) in [6.45, 7) is 2.46. The van der Waals surface area contributed by atoms with Crippen LogP contribution in [-0.4, -0.2) is 111 Å². The van der Waals surface area contributed by atoms with Gasteiger partial charge in [-0.05, 0) is 25.2 Å². The van der Waals surface area contributed by atoms with E-state index in [9.17, 15) is 38.7 Å². The average Bonchev–Trinajstić information content (AvgIpc) is 2.86. The molecule has 5 atom stereocenters. The van der Waals surface area contributed by atoms with Crippen LogP contribution < -0.4 is 38.5 Å². The first-order valence-corrected chi connectivity index (χ1v) is 12.8. The van der Waals surface area contributed by atoms with Crippen molar-refractivity contribution in [1.29, 1.82) is 0 Å². The fraction of sp³-hybridized carbons (Fsp3) is 0.652. The molecule has 0 aliphatic heterocycles. The van der Waals surface area contributed by atoms with Crippen molar-refractivity contribution in [2.45, 2.75) is 76.2 Å². The number of carboxylic acid groups (broad SMARTS) is 3. The highest BCUT2D eigenvalue weighted by molar-refractivity contribution is 5.96. The van der Waals surface area contributed by atoms with E-state index in [1.54, 1.807) is 13.8 Å². The molecule has 4 amide bonds. The Morgan fingerprint density at radius 1 is 0.714 bits per heavy atom. The van der Waals surface area contributed by atoms with Gasteiger partial charge < -0.3 is 58.9 Å². The molecule has 0 aromatic heterocycles. The van der Waals surface area contributed by atoms with E-state index in [0.29, 0.717) is 0 Å². The Hall–Kier alpha value is -4.52. The van der Waals surface area contributed by atoms with Crippen molar-refractivity contribution >= 4 is 47.5 Å². The predicted octanol–water partition coefficient (Wildman–Crippen LogP) is -4.62. The summed E-state index contributed by atoms with van der Waals surface area (Å²) in [5, 5.41) is 45.1.